The highest BCUT2D eigenvalue weighted by Crippen LogP contribution is 2.07. The molecule has 0 unspecified atom stereocenters. The lowest BCUT2D eigenvalue weighted by Gasteiger charge is -2.17. The maximum atomic E-state index is 11.1. The third-order valence-corrected chi connectivity index (χ3v) is 2.17. The van der Waals surface area contributed by atoms with Crippen LogP contribution in [0.2, 0.25) is 0 Å². The number of rotatable bonds is 7. The number of ether oxygens (including phenoxy) is 4. The van der Waals surface area contributed by atoms with Gasteiger partial charge in [0.05, 0.1) is 18.3 Å². The molecule has 0 aliphatic carbocycles. The molecule has 166 valence electrons. The van der Waals surface area contributed by atoms with Gasteiger partial charge in [0.15, 0.2) is 0 Å². The van der Waals surface area contributed by atoms with Crippen molar-refractivity contribution >= 4 is 23.9 Å². The maximum Gasteiger partial charge on any atom is 0.331 e. The van der Waals surface area contributed by atoms with E-state index in [1.165, 1.54) is 0 Å². The summed E-state index contributed by atoms with van der Waals surface area (Å²) in [7, 11) is 0. The molecule has 8 nitrogen and oxygen atoms in total. The highest BCUT2D eigenvalue weighted by molar-refractivity contribution is 5.92. The molecule has 0 fully saturated rings. The summed E-state index contributed by atoms with van der Waals surface area (Å²) in [5.41, 5.74) is -0.552. The molecule has 0 amide bonds. The number of carbonyl (C=O) groups is 4. The van der Waals surface area contributed by atoms with Gasteiger partial charge in [0.25, 0.3) is 0 Å². The molecule has 0 bridgehead atoms. The van der Waals surface area contributed by atoms with E-state index in [-0.39, 0.29) is 18.3 Å². The first-order chi connectivity index (χ1) is 13.1. The molecule has 0 N–H and O–H groups in total. The minimum absolute atomic E-state index is 0.187. The van der Waals surface area contributed by atoms with Crippen LogP contribution in [-0.2, 0) is 38.1 Å². The zero-order chi connectivity index (χ0) is 23.2. The fourth-order valence-corrected chi connectivity index (χ4v) is 1.42. The number of carbonyl (C=O) groups excluding carboxylic acids is 4. The molecule has 0 radical (unpaired) electrons. The molecule has 0 spiro atoms. The van der Waals surface area contributed by atoms with Gasteiger partial charge >= 0.3 is 23.9 Å². The highest BCUT2D eigenvalue weighted by Gasteiger charge is 2.14. The first-order valence-corrected chi connectivity index (χ1v) is 9.33. The fraction of sp³-hybridized carbons (Fsp3) is 0.619. The van der Waals surface area contributed by atoms with Crippen molar-refractivity contribution in [3.8, 4) is 0 Å². The molecule has 0 rings (SSSR count). The van der Waals surface area contributed by atoms with Gasteiger partial charge in [-0.15, -0.1) is 0 Å². The lowest BCUT2D eigenvalue weighted by atomic mass is 10.2. The Labute approximate surface area is 173 Å². The van der Waals surface area contributed by atoms with E-state index in [0.29, 0.717) is 0 Å². The van der Waals surface area contributed by atoms with Crippen LogP contribution in [0.25, 0.3) is 0 Å². The summed E-state index contributed by atoms with van der Waals surface area (Å²) >= 11 is 0. The van der Waals surface area contributed by atoms with Crippen LogP contribution in [0.4, 0.5) is 0 Å². The third kappa shape index (κ3) is 23.3. The summed E-state index contributed by atoms with van der Waals surface area (Å²) < 4.78 is 19.3. The second kappa shape index (κ2) is 14.4. The zero-order valence-electron chi connectivity index (χ0n) is 18.8. The van der Waals surface area contributed by atoms with Crippen LogP contribution < -0.4 is 0 Å². The van der Waals surface area contributed by atoms with Crippen LogP contribution in [0.1, 0.15) is 62.3 Å². The molecular weight excluding hydrogens is 380 g/mol. The normalized spacial score (nSPS) is 11.4. The molecule has 0 aromatic heterocycles. The van der Waals surface area contributed by atoms with E-state index in [9.17, 15) is 19.2 Å². The molecule has 0 aromatic rings. The molecule has 29 heavy (non-hydrogen) atoms. The monoisotopic (exact) mass is 414 g/mol. The molecule has 0 atom stereocenters. The van der Waals surface area contributed by atoms with Gasteiger partial charge in [-0.1, -0.05) is 0 Å². The van der Waals surface area contributed by atoms with Crippen molar-refractivity contribution in [3.05, 3.63) is 24.3 Å². The topological polar surface area (TPSA) is 105 Å². The Kier molecular flexibility index (Phi) is 14.2. The average Bonchev–Trinajstić information content (AvgIpc) is 2.48. The van der Waals surface area contributed by atoms with Crippen LogP contribution in [0.5, 0.6) is 0 Å². The summed E-state index contributed by atoms with van der Waals surface area (Å²) in [5, 5.41) is 0. The summed E-state index contributed by atoms with van der Waals surface area (Å²) in [4.78, 5) is 44.0. The van der Waals surface area contributed by atoms with Crippen LogP contribution in [-0.4, -0.2) is 47.8 Å². The first kappa shape index (κ1) is 28.6. The summed E-state index contributed by atoms with van der Waals surface area (Å²) in [6.45, 7) is 15.7. The number of hydrogen-bond donors (Lipinski definition) is 0. The molecular formula is C21H34O8. The summed E-state index contributed by atoms with van der Waals surface area (Å²) in [5.74, 6) is -2.18. The molecule has 0 aromatic carbocycles. The van der Waals surface area contributed by atoms with Gasteiger partial charge in [-0.05, 0) is 62.3 Å². The molecule has 0 aliphatic heterocycles. The molecule has 8 heteroatoms. The quantitative estimate of drug-likeness (QED) is 0.355. The Balaban J connectivity index is 0. The second-order valence-corrected chi connectivity index (χ2v) is 7.66. The Morgan fingerprint density at radius 2 is 0.793 bits per heavy atom. The average molecular weight is 414 g/mol. The van der Waals surface area contributed by atoms with Crippen LogP contribution in [0, 0.1) is 0 Å². The van der Waals surface area contributed by atoms with Gasteiger partial charge in [0.1, 0.15) is 5.60 Å². The Hall–Kier alpha value is -2.64. The Morgan fingerprint density at radius 3 is 1.00 bits per heavy atom. The minimum Gasteiger partial charge on any atom is -0.460 e. The van der Waals surface area contributed by atoms with Gasteiger partial charge in [-0.3, -0.25) is 0 Å². The van der Waals surface area contributed by atoms with E-state index in [1.807, 2.05) is 0 Å². The van der Waals surface area contributed by atoms with Crippen molar-refractivity contribution in [2.45, 2.75) is 86.2 Å². The first-order valence-electron chi connectivity index (χ1n) is 9.33. The van der Waals surface area contributed by atoms with E-state index in [4.69, 9.17) is 18.9 Å². The summed E-state index contributed by atoms with van der Waals surface area (Å²) in [6, 6.07) is 0. The predicted octanol–water partition coefficient (Wildman–Crippen LogP) is 3.28. The van der Waals surface area contributed by atoms with E-state index in [1.54, 1.807) is 62.3 Å². The van der Waals surface area contributed by atoms with E-state index in [0.717, 1.165) is 24.3 Å². The molecule has 0 saturated carbocycles. The standard InChI is InChI=1S/C11H18O4.C10H16O4/c1-8(2)14-9(12)6-7-10(13)15-11(3,4)5;1-7(2)13-9(11)5-6-10(12)14-8(3)4/h6-8H,1-5H3;5-8H,1-4H3/b7-6+;6-5+. The fourth-order valence-electron chi connectivity index (χ4n) is 1.42. The smallest absolute Gasteiger partial charge is 0.331 e. The van der Waals surface area contributed by atoms with Gasteiger partial charge < -0.3 is 18.9 Å². The summed E-state index contributed by atoms with van der Waals surface area (Å²) in [6.07, 6.45) is 3.68. The lowest BCUT2D eigenvalue weighted by Crippen LogP contribution is -2.22. The second-order valence-electron chi connectivity index (χ2n) is 7.66. The van der Waals surface area contributed by atoms with Gasteiger partial charge in [-0.2, -0.15) is 0 Å². The molecule has 0 heterocycles. The van der Waals surface area contributed by atoms with Crippen LogP contribution in [0.3, 0.4) is 0 Å². The van der Waals surface area contributed by atoms with Gasteiger partial charge in [0.2, 0.25) is 0 Å². The largest absolute Gasteiger partial charge is 0.460 e. The van der Waals surface area contributed by atoms with Crippen LogP contribution >= 0.6 is 0 Å². The minimum atomic E-state index is -0.553. The van der Waals surface area contributed by atoms with Crippen molar-refractivity contribution in [1.82, 2.24) is 0 Å². The third-order valence-electron chi connectivity index (χ3n) is 2.17. The number of hydrogen-bond acceptors (Lipinski definition) is 8. The van der Waals surface area contributed by atoms with Crippen molar-refractivity contribution in [3.63, 3.8) is 0 Å². The highest BCUT2D eigenvalue weighted by atomic mass is 16.6. The van der Waals surface area contributed by atoms with Gasteiger partial charge in [-0.25, -0.2) is 19.2 Å². The molecule has 0 saturated heterocycles. The van der Waals surface area contributed by atoms with E-state index in [2.05, 4.69) is 0 Å². The zero-order valence-corrected chi connectivity index (χ0v) is 18.8. The number of esters is 4. The Morgan fingerprint density at radius 1 is 0.552 bits per heavy atom. The van der Waals surface area contributed by atoms with Gasteiger partial charge in [0, 0.05) is 24.3 Å². The Bertz CT molecular complexity index is 568. The van der Waals surface area contributed by atoms with Crippen molar-refractivity contribution in [2.24, 2.45) is 0 Å². The SMILES string of the molecule is CC(C)OC(=O)/C=C/C(=O)OC(C)(C)C.CC(C)OC(=O)/C=C/C(=O)OC(C)C. The van der Waals surface area contributed by atoms with Crippen molar-refractivity contribution in [1.29, 1.82) is 0 Å². The van der Waals surface area contributed by atoms with E-state index >= 15 is 0 Å². The van der Waals surface area contributed by atoms with Crippen molar-refractivity contribution in [2.75, 3.05) is 0 Å². The molecule has 0 aliphatic rings. The predicted molar refractivity (Wildman–Crippen MR) is 108 cm³/mol. The van der Waals surface area contributed by atoms with Crippen molar-refractivity contribution < 1.29 is 38.1 Å². The lowest BCUT2D eigenvalue weighted by molar-refractivity contribution is -0.149. The van der Waals surface area contributed by atoms with E-state index < -0.39 is 29.5 Å². The van der Waals surface area contributed by atoms with Crippen LogP contribution in [0.15, 0.2) is 24.3 Å². The maximum absolute atomic E-state index is 11.1.